The Morgan fingerprint density at radius 3 is 2.59 bits per heavy atom. The van der Waals surface area contributed by atoms with E-state index in [1.165, 1.54) is 0 Å². The zero-order valence-electron chi connectivity index (χ0n) is 15.1. The third kappa shape index (κ3) is 4.25. The maximum Gasteiger partial charge on any atom is 0.258 e. The third-order valence-corrected chi connectivity index (χ3v) is 7.09. The van der Waals surface area contributed by atoms with Crippen LogP contribution < -0.4 is 10.1 Å². The van der Waals surface area contributed by atoms with Crippen molar-refractivity contribution in [1.29, 1.82) is 0 Å². The molecule has 0 aromatic heterocycles. The van der Waals surface area contributed by atoms with E-state index in [2.05, 4.69) is 10.2 Å². The van der Waals surface area contributed by atoms with Crippen molar-refractivity contribution in [1.82, 2.24) is 10.2 Å². The zero-order valence-corrected chi connectivity index (χ0v) is 16.0. The van der Waals surface area contributed by atoms with E-state index in [0.717, 1.165) is 36.7 Å². The number of fused-ring (bicyclic) bond motifs is 1. The summed E-state index contributed by atoms with van der Waals surface area (Å²) in [4.78, 5) is 14.6. The van der Waals surface area contributed by atoms with Gasteiger partial charge < -0.3 is 10.1 Å². The minimum atomic E-state index is -3.12. The molecular formula is C20H24N2O4S. The first-order chi connectivity index (χ1) is 13.0. The fourth-order valence-electron chi connectivity index (χ4n) is 4.05. The second-order valence-electron chi connectivity index (χ2n) is 7.36. The van der Waals surface area contributed by atoms with E-state index in [9.17, 15) is 13.2 Å². The summed E-state index contributed by atoms with van der Waals surface area (Å²) in [6.45, 7) is 1.68. The van der Waals surface area contributed by atoms with E-state index in [1.54, 1.807) is 0 Å². The fourth-order valence-corrected chi connectivity index (χ4v) is 6.01. The number of amides is 1. The van der Waals surface area contributed by atoms with Crippen LogP contribution in [0.4, 0.5) is 0 Å². The van der Waals surface area contributed by atoms with Crippen molar-refractivity contribution in [2.75, 3.05) is 31.2 Å². The largest absolute Gasteiger partial charge is 0.484 e. The number of nitrogens with one attached hydrogen (secondary N) is 1. The summed E-state index contributed by atoms with van der Waals surface area (Å²) >= 11 is 0. The maximum atomic E-state index is 12.4. The van der Waals surface area contributed by atoms with Crippen LogP contribution in [0, 0.1) is 0 Å². The van der Waals surface area contributed by atoms with Gasteiger partial charge in [-0.2, -0.15) is 0 Å². The second kappa shape index (κ2) is 7.48. The maximum absolute atomic E-state index is 12.4. The lowest BCUT2D eigenvalue weighted by Crippen LogP contribution is -2.51. The van der Waals surface area contributed by atoms with E-state index >= 15 is 0 Å². The van der Waals surface area contributed by atoms with Gasteiger partial charge in [0.1, 0.15) is 5.75 Å². The number of hydrogen-bond acceptors (Lipinski definition) is 5. The highest BCUT2D eigenvalue weighted by Crippen LogP contribution is 2.23. The number of carbonyl (C=O) groups excluding carboxylic acids is 1. The smallest absolute Gasteiger partial charge is 0.258 e. The van der Waals surface area contributed by atoms with Crippen LogP contribution in [0.5, 0.6) is 5.75 Å². The van der Waals surface area contributed by atoms with Crippen molar-refractivity contribution in [3.05, 3.63) is 42.5 Å². The normalized spacial score (nSPS) is 24.9. The first-order valence-electron chi connectivity index (χ1n) is 9.36. The molecule has 2 fully saturated rings. The Hall–Kier alpha value is -2.12. The highest BCUT2D eigenvalue weighted by Gasteiger charge is 2.42. The van der Waals surface area contributed by atoms with E-state index < -0.39 is 9.84 Å². The first kappa shape index (κ1) is 18.3. The first-order valence-corrected chi connectivity index (χ1v) is 11.2. The molecule has 4 rings (SSSR count). The van der Waals surface area contributed by atoms with Gasteiger partial charge in [-0.3, -0.25) is 9.69 Å². The molecule has 2 unspecified atom stereocenters. The van der Waals surface area contributed by atoms with Crippen molar-refractivity contribution in [3.63, 3.8) is 0 Å². The van der Waals surface area contributed by atoms with Gasteiger partial charge in [-0.1, -0.05) is 30.3 Å². The van der Waals surface area contributed by atoms with Crippen LogP contribution in [0.3, 0.4) is 0 Å². The highest BCUT2D eigenvalue weighted by atomic mass is 32.2. The van der Waals surface area contributed by atoms with Crippen LogP contribution in [0.2, 0.25) is 0 Å². The van der Waals surface area contributed by atoms with Crippen LogP contribution in [-0.2, 0) is 14.6 Å². The van der Waals surface area contributed by atoms with Gasteiger partial charge in [-0.05, 0) is 48.8 Å². The monoisotopic (exact) mass is 388 g/mol. The molecule has 0 saturated carbocycles. The standard InChI is InChI=1S/C20H24N2O4S/c23-20(12-26-17-8-7-15-5-1-2-6-16(15)11-17)21-18-13-27(24,25)14-19(18)22-9-3-4-10-22/h1-2,5-8,11,18-19H,3-4,9-10,12-14H2,(H,21,23). The Labute approximate surface area is 159 Å². The Morgan fingerprint density at radius 1 is 1.07 bits per heavy atom. The molecule has 6 nitrogen and oxygen atoms in total. The van der Waals surface area contributed by atoms with Gasteiger partial charge in [-0.25, -0.2) is 8.42 Å². The molecule has 2 saturated heterocycles. The highest BCUT2D eigenvalue weighted by molar-refractivity contribution is 7.91. The van der Waals surface area contributed by atoms with Crippen LogP contribution in [-0.4, -0.2) is 62.5 Å². The number of rotatable bonds is 5. The average molecular weight is 388 g/mol. The minimum Gasteiger partial charge on any atom is -0.484 e. The molecule has 1 N–H and O–H groups in total. The van der Waals surface area contributed by atoms with Crippen LogP contribution in [0.25, 0.3) is 10.8 Å². The van der Waals surface area contributed by atoms with Gasteiger partial charge in [0.25, 0.3) is 5.91 Å². The number of carbonyl (C=O) groups is 1. The van der Waals surface area contributed by atoms with E-state index in [4.69, 9.17) is 4.74 Å². The summed E-state index contributed by atoms with van der Waals surface area (Å²) in [6.07, 6.45) is 2.17. The van der Waals surface area contributed by atoms with Crippen molar-refractivity contribution in [3.8, 4) is 5.75 Å². The van der Waals surface area contributed by atoms with Gasteiger partial charge in [0.2, 0.25) is 0 Å². The van der Waals surface area contributed by atoms with E-state index in [-0.39, 0.29) is 36.1 Å². The molecule has 2 aliphatic heterocycles. The quantitative estimate of drug-likeness (QED) is 0.842. The van der Waals surface area contributed by atoms with E-state index in [0.29, 0.717) is 5.75 Å². The SMILES string of the molecule is O=C(COc1ccc2ccccc2c1)NC1CS(=O)(=O)CC1N1CCCC1. The van der Waals surface area contributed by atoms with Crippen LogP contribution in [0.1, 0.15) is 12.8 Å². The second-order valence-corrected chi connectivity index (χ2v) is 9.51. The molecule has 2 heterocycles. The number of nitrogens with zero attached hydrogens (tertiary/aromatic N) is 1. The number of likely N-dealkylation sites (tertiary alicyclic amines) is 1. The molecule has 2 aromatic carbocycles. The summed E-state index contributed by atoms with van der Waals surface area (Å²) in [5, 5.41) is 5.04. The third-order valence-electron chi connectivity index (χ3n) is 5.37. The molecule has 144 valence electrons. The van der Waals surface area contributed by atoms with Gasteiger partial charge in [0.15, 0.2) is 16.4 Å². The van der Waals surface area contributed by atoms with Crippen LogP contribution in [0.15, 0.2) is 42.5 Å². The molecule has 0 bridgehead atoms. The zero-order chi connectivity index (χ0) is 18.9. The lowest BCUT2D eigenvalue weighted by molar-refractivity contribution is -0.124. The van der Waals surface area contributed by atoms with Crippen molar-refractivity contribution in [2.45, 2.75) is 24.9 Å². The molecule has 2 atom stereocenters. The van der Waals surface area contributed by atoms with Gasteiger partial charge in [0.05, 0.1) is 17.5 Å². The Bertz CT molecular complexity index is 938. The lowest BCUT2D eigenvalue weighted by atomic mass is 10.1. The fraction of sp³-hybridized carbons (Fsp3) is 0.450. The number of sulfone groups is 1. The van der Waals surface area contributed by atoms with Gasteiger partial charge >= 0.3 is 0 Å². The summed E-state index contributed by atoms with van der Waals surface area (Å²) < 4.78 is 29.8. The summed E-state index contributed by atoms with van der Waals surface area (Å²) in [6, 6.07) is 13.1. The number of benzene rings is 2. The molecule has 0 spiro atoms. The predicted octanol–water partition coefficient (Wildman–Crippen LogP) is 1.60. The Balaban J connectivity index is 1.37. The minimum absolute atomic E-state index is 0.00980. The van der Waals surface area contributed by atoms with Gasteiger partial charge in [-0.15, -0.1) is 0 Å². The molecule has 2 aromatic rings. The summed E-state index contributed by atoms with van der Waals surface area (Å²) in [7, 11) is -3.12. The molecule has 2 aliphatic rings. The molecular weight excluding hydrogens is 364 g/mol. The molecule has 27 heavy (non-hydrogen) atoms. The molecule has 0 radical (unpaired) electrons. The van der Waals surface area contributed by atoms with Crippen molar-refractivity contribution < 1.29 is 17.9 Å². The predicted molar refractivity (Wildman–Crippen MR) is 105 cm³/mol. The van der Waals surface area contributed by atoms with E-state index in [1.807, 2.05) is 42.5 Å². The van der Waals surface area contributed by atoms with Crippen molar-refractivity contribution in [2.24, 2.45) is 0 Å². The van der Waals surface area contributed by atoms with Crippen molar-refractivity contribution >= 4 is 26.5 Å². The topological polar surface area (TPSA) is 75.7 Å². The summed E-state index contributed by atoms with van der Waals surface area (Å²) in [5.41, 5.74) is 0. The van der Waals surface area contributed by atoms with Gasteiger partial charge in [0, 0.05) is 6.04 Å². The molecule has 7 heteroatoms. The number of ether oxygens (including phenoxy) is 1. The van der Waals surface area contributed by atoms with Crippen LogP contribution >= 0.6 is 0 Å². The summed E-state index contributed by atoms with van der Waals surface area (Å²) in [5.74, 6) is 0.479. The Morgan fingerprint density at radius 2 is 1.81 bits per heavy atom. The molecule has 0 aliphatic carbocycles. The number of hydrogen-bond donors (Lipinski definition) is 1. The Kier molecular flexibility index (Phi) is 5.06. The average Bonchev–Trinajstić information content (AvgIpc) is 3.27. The lowest BCUT2D eigenvalue weighted by Gasteiger charge is -2.28. The molecule has 1 amide bonds.